The second-order valence-corrected chi connectivity index (χ2v) is 5.89. The number of amides is 2. The van der Waals surface area contributed by atoms with Crippen LogP contribution in [0.3, 0.4) is 0 Å². The lowest BCUT2D eigenvalue weighted by Crippen LogP contribution is -2.36. The molecule has 0 aliphatic heterocycles. The molecule has 2 bridgehead atoms. The van der Waals surface area contributed by atoms with Crippen molar-refractivity contribution in [3.63, 3.8) is 0 Å². The van der Waals surface area contributed by atoms with Crippen molar-refractivity contribution >= 4 is 23.5 Å². The zero-order valence-electron chi connectivity index (χ0n) is 12.0. The van der Waals surface area contributed by atoms with Crippen molar-refractivity contribution in [3.8, 4) is 0 Å². The van der Waals surface area contributed by atoms with Gasteiger partial charge < -0.3 is 16.2 Å². The van der Waals surface area contributed by atoms with Crippen molar-refractivity contribution in [2.24, 2.45) is 29.4 Å². The van der Waals surface area contributed by atoms with E-state index >= 15 is 0 Å². The van der Waals surface area contributed by atoms with E-state index in [-0.39, 0.29) is 23.1 Å². The molecule has 1 aromatic carbocycles. The van der Waals surface area contributed by atoms with Gasteiger partial charge in [0.15, 0.2) is 0 Å². The number of carboxylic acids is 1. The lowest BCUT2D eigenvalue weighted by molar-refractivity contribution is -0.146. The highest BCUT2D eigenvalue weighted by atomic mass is 19.1. The Labute approximate surface area is 131 Å². The number of fused-ring (bicyclic) bond motifs is 2. The van der Waals surface area contributed by atoms with Crippen LogP contribution in [0.4, 0.5) is 10.1 Å². The number of rotatable bonds is 4. The molecule has 1 saturated carbocycles. The standard InChI is InChI=1S/C16H15FN2O4/c17-11-6-9(3-4-10(11)14(18)20)19-15(21)12-7-1-2-8(5-7)13(12)16(22)23/h1-4,6-8,12-13H,5H2,(H2,18,20)(H,19,21)(H,22,23). The minimum Gasteiger partial charge on any atom is -0.481 e. The smallest absolute Gasteiger partial charge is 0.307 e. The van der Waals surface area contributed by atoms with Gasteiger partial charge in [0, 0.05) is 5.69 Å². The van der Waals surface area contributed by atoms with Crippen LogP contribution in [-0.2, 0) is 9.59 Å². The molecule has 0 radical (unpaired) electrons. The van der Waals surface area contributed by atoms with Gasteiger partial charge >= 0.3 is 5.97 Å². The Morgan fingerprint density at radius 1 is 1.17 bits per heavy atom. The van der Waals surface area contributed by atoms with Crippen LogP contribution in [0, 0.1) is 29.5 Å². The number of carboxylic acid groups (broad SMARTS) is 1. The van der Waals surface area contributed by atoms with Crippen LogP contribution in [0.15, 0.2) is 30.4 Å². The number of halogens is 1. The highest BCUT2D eigenvalue weighted by Crippen LogP contribution is 2.48. The second kappa shape index (κ2) is 5.49. The fourth-order valence-corrected chi connectivity index (χ4v) is 3.53. The van der Waals surface area contributed by atoms with E-state index in [0.29, 0.717) is 6.42 Å². The molecule has 0 saturated heterocycles. The van der Waals surface area contributed by atoms with Crippen molar-refractivity contribution in [2.45, 2.75) is 6.42 Å². The molecule has 1 aromatic rings. The van der Waals surface area contributed by atoms with E-state index in [2.05, 4.69) is 5.32 Å². The molecule has 0 heterocycles. The predicted octanol–water partition coefficient (Wildman–Crippen LogP) is 1.39. The van der Waals surface area contributed by atoms with Crippen LogP contribution >= 0.6 is 0 Å². The zero-order chi connectivity index (χ0) is 16.7. The van der Waals surface area contributed by atoms with E-state index in [1.807, 2.05) is 12.2 Å². The van der Waals surface area contributed by atoms with Crippen LogP contribution < -0.4 is 11.1 Å². The number of carbonyl (C=O) groups excluding carboxylic acids is 2. The Morgan fingerprint density at radius 2 is 1.83 bits per heavy atom. The van der Waals surface area contributed by atoms with Crippen molar-refractivity contribution in [1.29, 1.82) is 0 Å². The van der Waals surface area contributed by atoms with Crippen LogP contribution in [0.5, 0.6) is 0 Å². The third kappa shape index (κ3) is 2.58. The number of carbonyl (C=O) groups is 3. The van der Waals surface area contributed by atoms with Crippen LogP contribution in [-0.4, -0.2) is 22.9 Å². The first-order valence-corrected chi connectivity index (χ1v) is 7.20. The number of benzene rings is 1. The molecular formula is C16H15FN2O4. The molecule has 2 aliphatic carbocycles. The molecular weight excluding hydrogens is 303 g/mol. The number of nitrogens with two attached hydrogens (primary N) is 1. The van der Waals surface area contributed by atoms with Gasteiger partial charge in [-0.15, -0.1) is 0 Å². The van der Waals surface area contributed by atoms with Gasteiger partial charge in [-0.25, -0.2) is 4.39 Å². The topological polar surface area (TPSA) is 109 Å². The minimum atomic E-state index is -1.00. The summed E-state index contributed by atoms with van der Waals surface area (Å²) in [5.74, 6) is -4.89. The van der Waals surface area contributed by atoms with E-state index in [0.717, 1.165) is 6.07 Å². The number of aliphatic carboxylic acids is 1. The van der Waals surface area contributed by atoms with Crippen molar-refractivity contribution in [3.05, 3.63) is 41.7 Å². The van der Waals surface area contributed by atoms with Crippen molar-refractivity contribution in [2.75, 3.05) is 5.32 Å². The highest BCUT2D eigenvalue weighted by molar-refractivity contribution is 5.97. The summed E-state index contributed by atoms with van der Waals surface area (Å²) in [6.07, 6.45) is 4.35. The molecule has 2 amide bonds. The Bertz CT molecular complexity index is 731. The van der Waals surface area contributed by atoms with Crippen LogP contribution in [0.2, 0.25) is 0 Å². The van der Waals surface area contributed by atoms with Crippen molar-refractivity contribution < 1.29 is 23.9 Å². The summed E-state index contributed by atoms with van der Waals surface area (Å²) in [5, 5.41) is 11.9. The first kappa shape index (κ1) is 15.2. The predicted molar refractivity (Wildman–Crippen MR) is 78.9 cm³/mol. The van der Waals surface area contributed by atoms with Gasteiger partial charge in [0.25, 0.3) is 5.91 Å². The van der Waals surface area contributed by atoms with Gasteiger partial charge in [-0.1, -0.05) is 12.2 Å². The third-order valence-corrected chi connectivity index (χ3v) is 4.55. The van der Waals surface area contributed by atoms with Crippen LogP contribution in [0.25, 0.3) is 0 Å². The summed E-state index contributed by atoms with van der Waals surface area (Å²) < 4.78 is 13.7. The van der Waals surface area contributed by atoms with Crippen molar-refractivity contribution in [1.82, 2.24) is 0 Å². The highest BCUT2D eigenvalue weighted by Gasteiger charge is 2.51. The molecule has 0 spiro atoms. The van der Waals surface area contributed by atoms with E-state index in [4.69, 9.17) is 5.73 Å². The summed E-state index contributed by atoms with van der Waals surface area (Å²) in [7, 11) is 0. The maximum Gasteiger partial charge on any atom is 0.307 e. The molecule has 4 N–H and O–H groups in total. The molecule has 23 heavy (non-hydrogen) atoms. The number of anilines is 1. The molecule has 3 rings (SSSR count). The number of hydrogen-bond acceptors (Lipinski definition) is 3. The molecule has 4 atom stereocenters. The third-order valence-electron chi connectivity index (χ3n) is 4.55. The van der Waals surface area contributed by atoms with Gasteiger partial charge in [-0.2, -0.15) is 0 Å². The largest absolute Gasteiger partial charge is 0.481 e. The Balaban J connectivity index is 1.79. The zero-order valence-corrected chi connectivity index (χ0v) is 12.0. The second-order valence-electron chi connectivity index (χ2n) is 5.89. The van der Waals surface area contributed by atoms with Gasteiger partial charge in [-0.05, 0) is 36.5 Å². The summed E-state index contributed by atoms with van der Waals surface area (Å²) >= 11 is 0. The minimum absolute atomic E-state index is 0.115. The maximum atomic E-state index is 13.7. The number of allylic oxidation sites excluding steroid dienone is 2. The molecule has 120 valence electrons. The Kier molecular flexibility index (Phi) is 3.63. The van der Waals surface area contributed by atoms with Crippen LogP contribution in [0.1, 0.15) is 16.8 Å². The fourth-order valence-electron chi connectivity index (χ4n) is 3.53. The first-order valence-electron chi connectivity index (χ1n) is 7.20. The molecule has 6 nitrogen and oxygen atoms in total. The number of hydrogen-bond donors (Lipinski definition) is 3. The SMILES string of the molecule is NC(=O)c1ccc(NC(=O)C2C3C=CC(C3)C2C(=O)O)cc1F. The van der Waals surface area contributed by atoms with Gasteiger partial charge in [0.2, 0.25) is 5.91 Å². The maximum absolute atomic E-state index is 13.7. The van der Waals surface area contributed by atoms with E-state index in [1.165, 1.54) is 12.1 Å². The average Bonchev–Trinajstić information content (AvgIpc) is 3.07. The van der Waals surface area contributed by atoms with E-state index < -0.39 is 35.4 Å². The quantitative estimate of drug-likeness (QED) is 0.729. The molecule has 0 aromatic heterocycles. The molecule has 4 unspecified atom stereocenters. The fraction of sp³-hybridized carbons (Fsp3) is 0.312. The summed E-state index contributed by atoms with van der Waals surface area (Å²) in [6, 6.07) is 3.54. The normalized spacial score (nSPS) is 27.9. The summed E-state index contributed by atoms with van der Waals surface area (Å²) in [5.41, 5.74) is 4.91. The van der Waals surface area contributed by atoms with Gasteiger partial charge in [0.1, 0.15) is 5.82 Å². The first-order chi connectivity index (χ1) is 10.9. The van der Waals surface area contributed by atoms with Gasteiger partial charge in [0.05, 0.1) is 17.4 Å². The lowest BCUT2D eigenvalue weighted by atomic mass is 9.82. The Hall–Kier alpha value is -2.70. The Morgan fingerprint density at radius 3 is 2.39 bits per heavy atom. The number of nitrogens with one attached hydrogen (secondary N) is 1. The molecule has 7 heteroatoms. The molecule has 2 aliphatic rings. The molecule has 1 fully saturated rings. The van der Waals surface area contributed by atoms with Gasteiger partial charge in [-0.3, -0.25) is 14.4 Å². The number of primary amides is 1. The average molecular weight is 318 g/mol. The monoisotopic (exact) mass is 318 g/mol. The van der Waals surface area contributed by atoms with E-state index in [9.17, 15) is 23.9 Å². The lowest BCUT2D eigenvalue weighted by Gasteiger charge is -2.23. The summed E-state index contributed by atoms with van der Waals surface area (Å²) in [6.45, 7) is 0. The summed E-state index contributed by atoms with van der Waals surface area (Å²) in [4.78, 5) is 34.8. The van der Waals surface area contributed by atoms with E-state index in [1.54, 1.807) is 0 Å².